The Labute approximate surface area is 162 Å². The fraction of sp³-hybridized carbons (Fsp3) is 0.400. The van der Waals surface area contributed by atoms with Crippen molar-refractivity contribution in [2.75, 3.05) is 7.11 Å². The number of amides is 2. The Hall–Kier alpha value is -3.16. The van der Waals surface area contributed by atoms with E-state index >= 15 is 0 Å². The van der Waals surface area contributed by atoms with E-state index in [1.54, 1.807) is 16.4 Å². The summed E-state index contributed by atoms with van der Waals surface area (Å²) in [7, 11) is 1.25. The predicted octanol–water partition coefficient (Wildman–Crippen LogP) is 1.36. The van der Waals surface area contributed by atoms with Gasteiger partial charge >= 0.3 is 5.97 Å². The molecule has 2 amide bonds. The van der Waals surface area contributed by atoms with Crippen LogP contribution < -0.4 is 5.32 Å². The number of carbonyl (C=O) groups is 3. The van der Waals surface area contributed by atoms with Gasteiger partial charge in [0.25, 0.3) is 5.91 Å². The lowest BCUT2D eigenvalue weighted by Crippen LogP contribution is -2.64. The smallest absolute Gasteiger partial charge is 0.359 e. The van der Waals surface area contributed by atoms with Gasteiger partial charge in [0, 0.05) is 12.6 Å². The number of imidazole rings is 1. The van der Waals surface area contributed by atoms with Gasteiger partial charge in [-0.25, -0.2) is 9.78 Å². The van der Waals surface area contributed by atoms with Gasteiger partial charge in [0.15, 0.2) is 5.69 Å². The summed E-state index contributed by atoms with van der Waals surface area (Å²) < 4.78 is 6.32. The van der Waals surface area contributed by atoms with Crippen LogP contribution in [0.15, 0.2) is 36.7 Å². The Balaban J connectivity index is 1.64. The first-order valence-electron chi connectivity index (χ1n) is 9.25. The highest BCUT2D eigenvalue weighted by Crippen LogP contribution is 2.38. The van der Waals surface area contributed by atoms with Crippen molar-refractivity contribution in [3.8, 4) is 0 Å². The van der Waals surface area contributed by atoms with Gasteiger partial charge < -0.3 is 19.5 Å². The number of ether oxygens (including phenoxy) is 1. The predicted molar refractivity (Wildman–Crippen MR) is 99.5 cm³/mol. The van der Waals surface area contributed by atoms with Crippen LogP contribution in [-0.4, -0.2) is 50.9 Å². The number of hydrogen-bond donors (Lipinski definition) is 1. The lowest BCUT2D eigenvalue weighted by Gasteiger charge is -2.44. The Morgan fingerprint density at radius 1 is 1.29 bits per heavy atom. The molecule has 4 rings (SSSR count). The van der Waals surface area contributed by atoms with Gasteiger partial charge in [-0.1, -0.05) is 30.3 Å². The topological polar surface area (TPSA) is 93.5 Å². The van der Waals surface area contributed by atoms with Crippen molar-refractivity contribution >= 4 is 17.8 Å². The number of esters is 1. The minimum Gasteiger partial charge on any atom is -0.464 e. The summed E-state index contributed by atoms with van der Waals surface area (Å²) in [5.41, 5.74) is 0.0986. The van der Waals surface area contributed by atoms with Crippen LogP contribution in [0.4, 0.5) is 0 Å². The molecule has 0 saturated heterocycles. The average molecular weight is 382 g/mol. The largest absolute Gasteiger partial charge is 0.464 e. The quantitative estimate of drug-likeness (QED) is 0.788. The second-order valence-corrected chi connectivity index (χ2v) is 7.41. The molecule has 0 radical (unpaired) electrons. The molecule has 2 aliphatic rings. The first-order chi connectivity index (χ1) is 13.5. The first kappa shape index (κ1) is 18.2. The zero-order chi connectivity index (χ0) is 19.9. The van der Waals surface area contributed by atoms with Gasteiger partial charge in [0.2, 0.25) is 5.91 Å². The zero-order valence-electron chi connectivity index (χ0n) is 15.8. The van der Waals surface area contributed by atoms with Crippen molar-refractivity contribution in [3.63, 3.8) is 0 Å². The summed E-state index contributed by atoms with van der Waals surface area (Å²) in [6.45, 7) is 2.38. The molecule has 146 valence electrons. The minimum atomic E-state index is -1.06. The highest BCUT2D eigenvalue weighted by Gasteiger charge is 2.53. The Kier molecular flexibility index (Phi) is 4.41. The molecule has 2 aromatic rings. The maximum Gasteiger partial charge on any atom is 0.359 e. The molecule has 1 fully saturated rings. The molecule has 28 heavy (non-hydrogen) atoms. The molecule has 1 aromatic heterocycles. The summed E-state index contributed by atoms with van der Waals surface area (Å²) in [4.78, 5) is 44.1. The lowest BCUT2D eigenvalue weighted by atomic mass is 9.94. The normalized spacial score (nSPS) is 21.2. The van der Waals surface area contributed by atoms with Crippen LogP contribution in [0.5, 0.6) is 0 Å². The van der Waals surface area contributed by atoms with E-state index < -0.39 is 11.5 Å². The number of hydrogen-bond acceptors (Lipinski definition) is 5. The van der Waals surface area contributed by atoms with Crippen molar-refractivity contribution in [3.05, 3.63) is 53.6 Å². The van der Waals surface area contributed by atoms with Crippen molar-refractivity contribution in [2.45, 2.75) is 44.4 Å². The van der Waals surface area contributed by atoms with Crippen LogP contribution in [0, 0.1) is 0 Å². The van der Waals surface area contributed by atoms with Gasteiger partial charge in [0.05, 0.1) is 20.0 Å². The van der Waals surface area contributed by atoms with Gasteiger partial charge in [-0.2, -0.15) is 0 Å². The van der Waals surface area contributed by atoms with Crippen molar-refractivity contribution in [1.29, 1.82) is 0 Å². The molecule has 8 nitrogen and oxygen atoms in total. The number of fused-ring (bicyclic) bond motifs is 1. The van der Waals surface area contributed by atoms with Gasteiger partial charge in [0.1, 0.15) is 11.2 Å². The van der Waals surface area contributed by atoms with Crippen molar-refractivity contribution < 1.29 is 19.1 Å². The summed E-state index contributed by atoms with van der Waals surface area (Å²) in [6, 6.07) is 9.61. The summed E-state index contributed by atoms with van der Waals surface area (Å²) in [5, 5.41) is 2.96. The lowest BCUT2D eigenvalue weighted by molar-refractivity contribution is -0.133. The fourth-order valence-electron chi connectivity index (χ4n) is 3.77. The highest BCUT2D eigenvalue weighted by molar-refractivity contribution is 6.06. The summed E-state index contributed by atoms with van der Waals surface area (Å²) in [6.07, 6.45) is 3.11. The number of aromatic nitrogens is 2. The number of nitrogens with one attached hydrogen (secondary N) is 1. The number of rotatable bonds is 5. The van der Waals surface area contributed by atoms with E-state index in [-0.39, 0.29) is 35.8 Å². The van der Waals surface area contributed by atoms with E-state index in [0.29, 0.717) is 6.54 Å². The van der Waals surface area contributed by atoms with Crippen molar-refractivity contribution in [2.24, 2.45) is 0 Å². The second-order valence-electron chi connectivity index (χ2n) is 7.41. The molecule has 0 unspecified atom stereocenters. The van der Waals surface area contributed by atoms with E-state index in [0.717, 1.165) is 18.4 Å². The molecule has 8 heteroatoms. The van der Waals surface area contributed by atoms with E-state index in [4.69, 9.17) is 4.74 Å². The first-order valence-corrected chi connectivity index (χ1v) is 9.25. The molecule has 1 aliphatic carbocycles. The van der Waals surface area contributed by atoms with Crippen LogP contribution in [0.1, 0.15) is 46.3 Å². The van der Waals surface area contributed by atoms with Gasteiger partial charge in [-0.3, -0.25) is 9.59 Å². The molecule has 1 aromatic carbocycles. The Bertz CT molecular complexity index is 935. The van der Waals surface area contributed by atoms with E-state index in [2.05, 4.69) is 10.3 Å². The van der Waals surface area contributed by atoms with E-state index in [9.17, 15) is 14.4 Å². The van der Waals surface area contributed by atoms with Crippen LogP contribution in [0.3, 0.4) is 0 Å². The van der Waals surface area contributed by atoms with Crippen LogP contribution in [-0.2, 0) is 22.6 Å². The molecule has 0 spiro atoms. The third kappa shape index (κ3) is 2.94. The molecule has 1 aliphatic heterocycles. The Morgan fingerprint density at radius 2 is 2.00 bits per heavy atom. The number of methoxy groups -OCH3 is 1. The maximum absolute atomic E-state index is 13.3. The van der Waals surface area contributed by atoms with Crippen LogP contribution >= 0.6 is 0 Å². The highest BCUT2D eigenvalue weighted by atomic mass is 16.5. The molecule has 1 N–H and O–H groups in total. The number of nitrogens with zero attached hydrogens (tertiary/aromatic N) is 3. The number of carbonyl (C=O) groups excluding carboxylic acids is 3. The van der Waals surface area contributed by atoms with Crippen LogP contribution in [0.25, 0.3) is 0 Å². The minimum absolute atomic E-state index is 0.00544. The monoisotopic (exact) mass is 382 g/mol. The van der Waals surface area contributed by atoms with Gasteiger partial charge in [-0.15, -0.1) is 0 Å². The molecular weight excluding hydrogens is 360 g/mol. The summed E-state index contributed by atoms with van der Waals surface area (Å²) in [5.74, 6) is -1.24. The Morgan fingerprint density at radius 3 is 2.64 bits per heavy atom. The fourth-order valence-corrected chi connectivity index (χ4v) is 3.77. The third-order valence-electron chi connectivity index (χ3n) is 5.34. The molecule has 0 bridgehead atoms. The summed E-state index contributed by atoms with van der Waals surface area (Å²) >= 11 is 0. The van der Waals surface area contributed by atoms with E-state index in [1.807, 2.05) is 30.3 Å². The van der Waals surface area contributed by atoms with Crippen molar-refractivity contribution in [1.82, 2.24) is 19.8 Å². The van der Waals surface area contributed by atoms with E-state index in [1.165, 1.54) is 13.4 Å². The third-order valence-corrected chi connectivity index (χ3v) is 5.34. The molecule has 1 atom stereocenters. The number of benzene rings is 1. The SMILES string of the molecule is COC(=O)c1ncn2c1C(=O)N(C1CC1)[C@@](C)(C(=O)NCc1ccccc1)C2. The molecule has 2 heterocycles. The maximum atomic E-state index is 13.3. The van der Waals surface area contributed by atoms with Crippen LogP contribution in [0.2, 0.25) is 0 Å². The zero-order valence-corrected chi connectivity index (χ0v) is 15.8. The standard InChI is InChI=1S/C20H22N4O4/c1-20(19(27)21-10-13-6-4-3-5-7-13)11-23-12-22-15(18(26)28-2)16(23)17(25)24(20)14-8-9-14/h3-7,12,14H,8-11H2,1-2H3,(H,21,27)/t20-/m1/s1. The molecule has 1 saturated carbocycles. The van der Waals surface area contributed by atoms with Gasteiger partial charge in [-0.05, 0) is 25.3 Å². The molecular formula is C20H22N4O4. The average Bonchev–Trinajstić information content (AvgIpc) is 3.44. The second kappa shape index (κ2) is 6.78.